The number of ketones is 1. The maximum atomic E-state index is 13.8. The quantitative estimate of drug-likeness (QED) is 0.366. The molecule has 2 amide bonds. The van der Waals surface area contributed by atoms with Gasteiger partial charge in [-0.05, 0) is 48.4 Å². The summed E-state index contributed by atoms with van der Waals surface area (Å²) in [5, 5.41) is 6.50. The highest BCUT2D eigenvalue weighted by Crippen LogP contribution is 2.47. The van der Waals surface area contributed by atoms with Gasteiger partial charge in [0.25, 0.3) is 0 Å². The molecule has 7 nitrogen and oxygen atoms in total. The fourth-order valence-corrected chi connectivity index (χ4v) is 5.15. The van der Waals surface area contributed by atoms with Crippen molar-refractivity contribution >= 4 is 23.2 Å². The Morgan fingerprint density at radius 3 is 2.47 bits per heavy atom. The number of carbonyl (C=O) groups excluding carboxylic acids is 2. The van der Waals surface area contributed by atoms with Gasteiger partial charge in [-0.3, -0.25) is 9.69 Å². The van der Waals surface area contributed by atoms with E-state index in [1.54, 1.807) is 23.5 Å². The maximum Gasteiger partial charge on any atom is 0.323 e. The Labute approximate surface area is 208 Å². The summed E-state index contributed by atoms with van der Waals surface area (Å²) in [7, 11) is 0. The number of hydrogen-bond acceptors (Lipinski definition) is 5. The van der Waals surface area contributed by atoms with E-state index in [9.17, 15) is 9.59 Å². The smallest absolute Gasteiger partial charge is 0.323 e. The molecular weight excluding hydrogens is 454 g/mol. The average molecular weight is 480 g/mol. The van der Waals surface area contributed by atoms with Crippen molar-refractivity contribution in [3.8, 4) is 0 Å². The Morgan fingerprint density at radius 1 is 0.917 bits per heavy atom. The number of urea groups is 1. The molecule has 0 fully saturated rings. The van der Waals surface area contributed by atoms with Gasteiger partial charge in [-0.15, -0.1) is 0 Å². The number of amides is 2. The van der Waals surface area contributed by atoms with Crippen LogP contribution in [0.25, 0.3) is 0 Å². The maximum absolute atomic E-state index is 13.8. The number of anilines is 2. The first kappa shape index (κ1) is 22.0. The second-order valence-electron chi connectivity index (χ2n) is 9.00. The van der Waals surface area contributed by atoms with E-state index >= 15 is 0 Å². The molecule has 0 bridgehead atoms. The highest BCUT2D eigenvalue weighted by atomic mass is 16.3. The fraction of sp³-hybridized carbons (Fsp3) is 0.172. The zero-order chi connectivity index (χ0) is 24.5. The fourth-order valence-electron chi connectivity index (χ4n) is 5.15. The summed E-state index contributed by atoms with van der Waals surface area (Å²) < 4.78 is 11.1. The van der Waals surface area contributed by atoms with Gasteiger partial charge in [-0.1, -0.05) is 42.5 Å². The molecule has 1 aliphatic heterocycles. The lowest BCUT2D eigenvalue weighted by Gasteiger charge is -2.34. The highest BCUT2D eigenvalue weighted by molar-refractivity contribution is 6.06. The van der Waals surface area contributed by atoms with Crippen LogP contribution in [-0.2, 0) is 11.3 Å². The normalized spacial score (nSPS) is 19.2. The monoisotopic (exact) mass is 479 g/mol. The SMILES string of the molecule is O=C1C[C@H](c2ccco2)CC2=C1[C@@H](c1ccccc1)N(C(=O)NCc1ccco1)c1ccccc1N2. The lowest BCUT2D eigenvalue weighted by atomic mass is 9.80. The second-order valence-corrected chi connectivity index (χ2v) is 9.00. The van der Waals surface area contributed by atoms with Crippen molar-refractivity contribution < 1.29 is 18.4 Å². The van der Waals surface area contributed by atoms with Crippen molar-refractivity contribution in [2.24, 2.45) is 0 Å². The number of Topliss-reactive ketones (excluding diaryl/α,β-unsaturated/α-hetero) is 1. The number of para-hydroxylation sites is 2. The number of benzene rings is 2. The molecule has 2 atom stereocenters. The molecule has 2 aromatic heterocycles. The molecule has 0 saturated carbocycles. The van der Waals surface area contributed by atoms with E-state index in [0.29, 0.717) is 29.9 Å². The van der Waals surface area contributed by atoms with E-state index in [1.165, 1.54) is 0 Å². The Kier molecular flexibility index (Phi) is 5.65. The van der Waals surface area contributed by atoms with Gasteiger partial charge in [0.1, 0.15) is 11.5 Å². The Balaban J connectivity index is 1.48. The largest absolute Gasteiger partial charge is 0.469 e. The van der Waals surface area contributed by atoms with E-state index in [4.69, 9.17) is 8.83 Å². The van der Waals surface area contributed by atoms with Crippen LogP contribution < -0.4 is 15.5 Å². The number of fused-ring (bicyclic) bond motifs is 1. The van der Waals surface area contributed by atoms with E-state index in [0.717, 1.165) is 22.7 Å². The number of hydrogen-bond donors (Lipinski definition) is 2. The molecule has 180 valence electrons. The molecule has 4 aromatic rings. The van der Waals surface area contributed by atoms with Crippen LogP contribution in [0.4, 0.5) is 16.2 Å². The van der Waals surface area contributed by atoms with Gasteiger partial charge in [0.15, 0.2) is 5.78 Å². The third-order valence-corrected chi connectivity index (χ3v) is 6.76. The van der Waals surface area contributed by atoms with Crippen LogP contribution in [0.2, 0.25) is 0 Å². The topological polar surface area (TPSA) is 87.7 Å². The van der Waals surface area contributed by atoms with Crippen molar-refractivity contribution in [1.29, 1.82) is 0 Å². The Hall–Kier alpha value is -4.52. The number of nitrogens with zero attached hydrogens (tertiary/aromatic N) is 1. The van der Waals surface area contributed by atoms with Crippen molar-refractivity contribution in [3.63, 3.8) is 0 Å². The van der Waals surface area contributed by atoms with E-state index in [-0.39, 0.29) is 24.3 Å². The molecule has 6 rings (SSSR count). The summed E-state index contributed by atoms with van der Waals surface area (Å²) in [5.74, 6) is 1.37. The second kappa shape index (κ2) is 9.26. The summed E-state index contributed by atoms with van der Waals surface area (Å²) in [6, 6.07) is 23.8. The van der Waals surface area contributed by atoms with Gasteiger partial charge in [0, 0.05) is 23.6 Å². The molecule has 0 spiro atoms. The van der Waals surface area contributed by atoms with Crippen LogP contribution >= 0.6 is 0 Å². The van der Waals surface area contributed by atoms with Crippen molar-refractivity contribution in [2.45, 2.75) is 31.3 Å². The van der Waals surface area contributed by atoms with Crippen molar-refractivity contribution in [1.82, 2.24) is 5.32 Å². The number of furan rings is 2. The average Bonchev–Trinajstić information content (AvgIpc) is 3.60. The van der Waals surface area contributed by atoms with Gasteiger partial charge in [0.2, 0.25) is 0 Å². The van der Waals surface area contributed by atoms with Gasteiger partial charge < -0.3 is 19.5 Å². The van der Waals surface area contributed by atoms with E-state index in [1.807, 2.05) is 72.8 Å². The molecule has 2 N–H and O–H groups in total. The van der Waals surface area contributed by atoms with Crippen LogP contribution in [-0.4, -0.2) is 11.8 Å². The van der Waals surface area contributed by atoms with Crippen LogP contribution in [0.15, 0.2) is 111 Å². The molecule has 0 unspecified atom stereocenters. The number of rotatable bonds is 4. The van der Waals surface area contributed by atoms with E-state index in [2.05, 4.69) is 10.6 Å². The predicted octanol–water partition coefficient (Wildman–Crippen LogP) is 6.16. The summed E-state index contributed by atoms with van der Waals surface area (Å²) >= 11 is 0. The third-order valence-electron chi connectivity index (χ3n) is 6.76. The minimum Gasteiger partial charge on any atom is -0.469 e. The molecule has 1 aliphatic carbocycles. The Bertz CT molecular complexity index is 1410. The van der Waals surface area contributed by atoms with Crippen molar-refractivity contribution in [2.75, 3.05) is 10.2 Å². The van der Waals surface area contributed by atoms with E-state index < -0.39 is 6.04 Å². The van der Waals surface area contributed by atoms with Crippen LogP contribution in [0.3, 0.4) is 0 Å². The molecule has 36 heavy (non-hydrogen) atoms. The summed E-state index contributed by atoms with van der Waals surface area (Å²) in [6.45, 7) is 0.236. The molecular formula is C29H25N3O4. The lowest BCUT2D eigenvalue weighted by Crippen LogP contribution is -2.44. The summed E-state index contributed by atoms with van der Waals surface area (Å²) in [4.78, 5) is 29.3. The molecule has 3 heterocycles. The zero-order valence-electron chi connectivity index (χ0n) is 19.5. The number of nitrogens with one attached hydrogen (secondary N) is 2. The van der Waals surface area contributed by atoms with Gasteiger partial charge in [0.05, 0.1) is 36.5 Å². The number of carbonyl (C=O) groups is 2. The highest BCUT2D eigenvalue weighted by Gasteiger charge is 2.42. The molecule has 2 aromatic carbocycles. The van der Waals surface area contributed by atoms with Gasteiger partial charge in [-0.25, -0.2) is 4.79 Å². The third kappa shape index (κ3) is 3.98. The summed E-state index contributed by atoms with van der Waals surface area (Å²) in [5.41, 5.74) is 3.75. The van der Waals surface area contributed by atoms with Gasteiger partial charge in [-0.2, -0.15) is 0 Å². The first-order valence-corrected chi connectivity index (χ1v) is 12.0. The van der Waals surface area contributed by atoms with Crippen molar-refractivity contribution in [3.05, 3.63) is 120 Å². The minimum atomic E-state index is -0.598. The standard InChI is InChI=1S/C29H25N3O4/c33-25-17-20(26-13-7-15-36-26)16-23-27(25)28(19-8-2-1-3-9-19)32(24-12-5-4-11-22(24)31-23)29(34)30-18-21-10-6-14-35-21/h1-15,20,28,31H,16-18H2,(H,30,34)/t20-,28-/m1/s1. The number of allylic oxidation sites excluding steroid dienone is 1. The van der Waals surface area contributed by atoms with Gasteiger partial charge >= 0.3 is 6.03 Å². The first-order valence-electron chi connectivity index (χ1n) is 12.0. The Morgan fingerprint density at radius 2 is 1.69 bits per heavy atom. The first-order chi connectivity index (χ1) is 17.7. The zero-order valence-corrected chi connectivity index (χ0v) is 19.5. The van der Waals surface area contributed by atoms with Crippen LogP contribution in [0.5, 0.6) is 0 Å². The van der Waals surface area contributed by atoms with Crippen LogP contribution in [0, 0.1) is 0 Å². The lowest BCUT2D eigenvalue weighted by molar-refractivity contribution is -0.116. The summed E-state index contributed by atoms with van der Waals surface area (Å²) in [6.07, 6.45) is 4.13. The molecule has 0 radical (unpaired) electrons. The predicted molar refractivity (Wildman–Crippen MR) is 135 cm³/mol. The molecule has 2 aliphatic rings. The molecule has 0 saturated heterocycles. The molecule has 7 heteroatoms. The minimum absolute atomic E-state index is 0.00403. The van der Waals surface area contributed by atoms with Crippen LogP contribution in [0.1, 0.15) is 41.9 Å².